The average molecular weight is 266 g/mol. The summed E-state index contributed by atoms with van der Waals surface area (Å²) < 4.78 is 3.11. The molecule has 0 radical (unpaired) electrons. The van der Waals surface area contributed by atoms with Crippen LogP contribution in [0.2, 0.25) is 0 Å². The Kier molecular flexibility index (Phi) is 1.75. The van der Waals surface area contributed by atoms with Gasteiger partial charge in [-0.05, 0) is 28.8 Å². The maximum absolute atomic E-state index is 4.62. The van der Waals surface area contributed by atoms with Crippen LogP contribution in [0.3, 0.4) is 0 Å². The number of aryl methyl sites for hydroxylation is 1. The molecule has 1 aliphatic carbocycles. The standard InChI is InChI=1S/C11H12BrN3/c1-11(2)4-3-8-9(11)14-10-13-5-7(12)6-15(8)10/h5-6H,3-4H2,1-2H3. The first-order valence-corrected chi connectivity index (χ1v) is 5.90. The fourth-order valence-electron chi connectivity index (χ4n) is 2.29. The van der Waals surface area contributed by atoms with Gasteiger partial charge in [-0.15, -0.1) is 0 Å². The first kappa shape index (κ1) is 9.33. The minimum atomic E-state index is 0.204. The van der Waals surface area contributed by atoms with Crippen molar-refractivity contribution >= 4 is 21.7 Å². The molecule has 2 aromatic rings. The lowest BCUT2D eigenvalue weighted by Crippen LogP contribution is -2.12. The van der Waals surface area contributed by atoms with Crippen LogP contribution in [0.1, 0.15) is 31.7 Å². The molecular weight excluding hydrogens is 254 g/mol. The van der Waals surface area contributed by atoms with E-state index < -0.39 is 0 Å². The second-order valence-electron chi connectivity index (χ2n) is 4.73. The molecule has 0 fully saturated rings. The SMILES string of the molecule is CC1(C)CCc2c1nc1ncc(Br)cn21. The molecule has 2 heterocycles. The number of imidazole rings is 1. The van der Waals surface area contributed by atoms with Crippen LogP contribution >= 0.6 is 15.9 Å². The van der Waals surface area contributed by atoms with Crippen LogP contribution in [0.4, 0.5) is 0 Å². The van der Waals surface area contributed by atoms with Crippen LogP contribution in [-0.2, 0) is 11.8 Å². The van der Waals surface area contributed by atoms with Gasteiger partial charge in [-0.1, -0.05) is 13.8 Å². The lowest BCUT2D eigenvalue weighted by Gasteiger charge is -2.14. The maximum Gasteiger partial charge on any atom is 0.234 e. The largest absolute Gasteiger partial charge is 0.287 e. The summed E-state index contributed by atoms with van der Waals surface area (Å²) in [4.78, 5) is 8.93. The fraction of sp³-hybridized carbons (Fsp3) is 0.455. The second kappa shape index (κ2) is 2.82. The molecule has 2 aromatic heterocycles. The highest BCUT2D eigenvalue weighted by Gasteiger charge is 2.34. The fourth-order valence-corrected chi connectivity index (χ4v) is 2.59. The Hall–Kier alpha value is -0.900. The average Bonchev–Trinajstić information content (AvgIpc) is 2.66. The molecule has 15 heavy (non-hydrogen) atoms. The smallest absolute Gasteiger partial charge is 0.234 e. The first-order valence-electron chi connectivity index (χ1n) is 5.11. The van der Waals surface area contributed by atoms with Crippen molar-refractivity contribution in [2.45, 2.75) is 32.1 Å². The van der Waals surface area contributed by atoms with Crippen LogP contribution in [0.15, 0.2) is 16.9 Å². The molecule has 0 saturated heterocycles. The van der Waals surface area contributed by atoms with Gasteiger partial charge < -0.3 is 0 Å². The van der Waals surface area contributed by atoms with E-state index in [9.17, 15) is 0 Å². The predicted molar refractivity (Wildman–Crippen MR) is 62.0 cm³/mol. The molecule has 0 atom stereocenters. The minimum absolute atomic E-state index is 0.204. The summed E-state index contributed by atoms with van der Waals surface area (Å²) in [5.41, 5.74) is 2.74. The summed E-state index contributed by atoms with van der Waals surface area (Å²) in [7, 11) is 0. The number of aromatic nitrogens is 3. The molecule has 0 N–H and O–H groups in total. The molecule has 0 bridgehead atoms. The van der Waals surface area contributed by atoms with Gasteiger partial charge in [0.2, 0.25) is 5.78 Å². The molecule has 0 aliphatic heterocycles. The molecule has 0 spiro atoms. The van der Waals surface area contributed by atoms with E-state index >= 15 is 0 Å². The lowest BCUT2D eigenvalue weighted by atomic mass is 9.91. The molecule has 1 aliphatic rings. The Labute approximate surface area is 96.7 Å². The van der Waals surface area contributed by atoms with Crippen molar-refractivity contribution < 1.29 is 0 Å². The molecule has 0 amide bonds. The van der Waals surface area contributed by atoms with Gasteiger partial charge >= 0.3 is 0 Å². The molecule has 78 valence electrons. The van der Waals surface area contributed by atoms with Crippen molar-refractivity contribution in [2.24, 2.45) is 0 Å². The third kappa shape index (κ3) is 1.24. The molecule has 3 nitrogen and oxygen atoms in total. The van der Waals surface area contributed by atoms with Crippen LogP contribution in [0.25, 0.3) is 5.78 Å². The van der Waals surface area contributed by atoms with Gasteiger partial charge in [0.25, 0.3) is 0 Å². The number of hydrogen-bond acceptors (Lipinski definition) is 2. The Morgan fingerprint density at radius 2 is 2.27 bits per heavy atom. The van der Waals surface area contributed by atoms with E-state index in [4.69, 9.17) is 0 Å². The monoisotopic (exact) mass is 265 g/mol. The van der Waals surface area contributed by atoms with Crippen molar-refractivity contribution in [3.05, 3.63) is 28.3 Å². The highest BCUT2D eigenvalue weighted by atomic mass is 79.9. The predicted octanol–water partition coefficient (Wildman–Crippen LogP) is 2.72. The van der Waals surface area contributed by atoms with E-state index in [0.29, 0.717) is 0 Å². The maximum atomic E-state index is 4.62. The van der Waals surface area contributed by atoms with Crippen molar-refractivity contribution in [3.8, 4) is 0 Å². The zero-order valence-electron chi connectivity index (χ0n) is 8.79. The van der Waals surface area contributed by atoms with Crippen LogP contribution in [0, 0.1) is 0 Å². The van der Waals surface area contributed by atoms with Crippen LogP contribution in [0.5, 0.6) is 0 Å². The quantitative estimate of drug-likeness (QED) is 0.733. The highest BCUT2D eigenvalue weighted by Crippen LogP contribution is 2.37. The zero-order chi connectivity index (χ0) is 10.6. The second-order valence-corrected chi connectivity index (χ2v) is 5.65. The lowest BCUT2D eigenvalue weighted by molar-refractivity contribution is 0.509. The molecule has 3 rings (SSSR count). The van der Waals surface area contributed by atoms with Crippen molar-refractivity contribution in [1.82, 2.24) is 14.4 Å². The summed E-state index contributed by atoms with van der Waals surface area (Å²) in [5, 5.41) is 0. The number of nitrogens with zero attached hydrogens (tertiary/aromatic N) is 3. The third-order valence-corrected chi connectivity index (χ3v) is 3.58. The Morgan fingerprint density at radius 1 is 1.47 bits per heavy atom. The topological polar surface area (TPSA) is 30.2 Å². The van der Waals surface area contributed by atoms with E-state index in [2.05, 4.69) is 50.3 Å². The van der Waals surface area contributed by atoms with E-state index in [0.717, 1.165) is 16.7 Å². The normalized spacial score (nSPS) is 18.3. The minimum Gasteiger partial charge on any atom is -0.287 e. The summed E-state index contributed by atoms with van der Waals surface area (Å²) in [6.45, 7) is 4.50. The molecule has 0 saturated carbocycles. The van der Waals surface area contributed by atoms with Gasteiger partial charge in [0.15, 0.2) is 0 Å². The molecular formula is C11H12BrN3. The van der Waals surface area contributed by atoms with Gasteiger partial charge in [-0.2, -0.15) is 0 Å². The summed E-state index contributed by atoms with van der Waals surface area (Å²) >= 11 is 3.44. The zero-order valence-corrected chi connectivity index (χ0v) is 10.4. The van der Waals surface area contributed by atoms with Crippen molar-refractivity contribution in [2.75, 3.05) is 0 Å². The molecule has 0 aromatic carbocycles. The summed E-state index contributed by atoms with van der Waals surface area (Å²) in [5.74, 6) is 0.816. The first-order chi connectivity index (χ1) is 7.08. The van der Waals surface area contributed by atoms with Gasteiger partial charge in [-0.3, -0.25) is 4.40 Å². The number of rotatable bonds is 0. The Bertz CT molecular complexity index is 542. The summed E-state index contributed by atoms with van der Waals surface area (Å²) in [6, 6.07) is 0. The van der Waals surface area contributed by atoms with Gasteiger partial charge in [0.1, 0.15) is 0 Å². The van der Waals surface area contributed by atoms with E-state index in [1.165, 1.54) is 17.8 Å². The number of halogens is 1. The Morgan fingerprint density at radius 3 is 3.07 bits per heavy atom. The highest BCUT2D eigenvalue weighted by molar-refractivity contribution is 9.10. The van der Waals surface area contributed by atoms with Crippen LogP contribution in [-0.4, -0.2) is 14.4 Å². The van der Waals surface area contributed by atoms with Crippen molar-refractivity contribution in [3.63, 3.8) is 0 Å². The number of fused-ring (bicyclic) bond motifs is 3. The third-order valence-electron chi connectivity index (χ3n) is 3.18. The Balaban J connectivity index is 2.36. The van der Waals surface area contributed by atoms with Gasteiger partial charge in [0, 0.05) is 23.5 Å². The molecule has 4 heteroatoms. The van der Waals surface area contributed by atoms with Crippen molar-refractivity contribution in [1.29, 1.82) is 0 Å². The summed E-state index contributed by atoms with van der Waals surface area (Å²) in [6.07, 6.45) is 6.13. The van der Waals surface area contributed by atoms with E-state index in [1.54, 1.807) is 6.20 Å². The van der Waals surface area contributed by atoms with Gasteiger partial charge in [-0.25, -0.2) is 9.97 Å². The van der Waals surface area contributed by atoms with Crippen LogP contribution < -0.4 is 0 Å². The molecule has 0 unspecified atom stereocenters. The van der Waals surface area contributed by atoms with E-state index in [-0.39, 0.29) is 5.41 Å². The van der Waals surface area contributed by atoms with Gasteiger partial charge in [0.05, 0.1) is 10.2 Å². The number of hydrogen-bond donors (Lipinski definition) is 0. The van der Waals surface area contributed by atoms with E-state index in [1.807, 2.05) is 0 Å².